The van der Waals surface area contributed by atoms with Gasteiger partial charge in [0.15, 0.2) is 5.96 Å². The van der Waals surface area contributed by atoms with Gasteiger partial charge in [-0.25, -0.2) is 0 Å². The van der Waals surface area contributed by atoms with Gasteiger partial charge in [-0.1, -0.05) is 6.07 Å². The van der Waals surface area contributed by atoms with Crippen molar-refractivity contribution in [3.05, 3.63) is 22.4 Å². The fourth-order valence-corrected chi connectivity index (χ4v) is 4.05. The lowest BCUT2D eigenvalue weighted by atomic mass is 9.93. The van der Waals surface area contributed by atoms with Crippen molar-refractivity contribution in [2.24, 2.45) is 10.9 Å². The Labute approximate surface area is 187 Å². The van der Waals surface area contributed by atoms with Crippen LogP contribution in [0.1, 0.15) is 31.1 Å². The van der Waals surface area contributed by atoms with Crippen LogP contribution in [0.25, 0.3) is 0 Å². The standard InChI is InChI=1S/C19H31F3N4S.HI/c1-3-23-18(25(2)11-9-17-5-4-14-27-17)24-10-6-16-7-12-26(13-8-16)15-19(20,21)22;/h4-5,14,16H,3,6-13,15H2,1-2H3,(H,23,24);1H. The molecule has 4 nitrogen and oxygen atoms in total. The van der Waals surface area contributed by atoms with E-state index in [0.717, 1.165) is 51.3 Å². The van der Waals surface area contributed by atoms with Gasteiger partial charge in [0.1, 0.15) is 0 Å². The largest absolute Gasteiger partial charge is 0.401 e. The number of nitrogens with one attached hydrogen (secondary N) is 1. The molecule has 1 saturated heterocycles. The molecule has 9 heteroatoms. The van der Waals surface area contributed by atoms with Gasteiger partial charge in [0.2, 0.25) is 0 Å². The van der Waals surface area contributed by atoms with Crippen molar-refractivity contribution in [1.29, 1.82) is 0 Å². The fourth-order valence-electron chi connectivity index (χ4n) is 3.35. The zero-order chi connectivity index (χ0) is 19.7. The van der Waals surface area contributed by atoms with Crippen LogP contribution in [0.5, 0.6) is 0 Å². The summed E-state index contributed by atoms with van der Waals surface area (Å²) in [6.45, 7) is 4.79. The first kappa shape index (κ1) is 25.5. The first-order valence-electron chi connectivity index (χ1n) is 9.68. The Hall–Kier alpha value is -0.550. The fraction of sp³-hybridized carbons (Fsp3) is 0.737. The summed E-state index contributed by atoms with van der Waals surface area (Å²) in [6.07, 6.45) is -0.498. The number of hydrogen-bond acceptors (Lipinski definition) is 3. The van der Waals surface area contributed by atoms with Gasteiger partial charge in [0.25, 0.3) is 0 Å². The van der Waals surface area contributed by atoms with Crippen molar-refractivity contribution in [2.75, 3.05) is 46.3 Å². The summed E-state index contributed by atoms with van der Waals surface area (Å²) in [5, 5.41) is 5.42. The summed E-state index contributed by atoms with van der Waals surface area (Å²) >= 11 is 1.77. The zero-order valence-corrected chi connectivity index (χ0v) is 19.8. The molecule has 1 N–H and O–H groups in total. The van der Waals surface area contributed by atoms with Crippen LogP contribution in [0.3, 0.4) is 0 Å². The Morgan fingerprint density at radius 2 is 2.07 bits per heavy atom. The number of halogens is 4. The number of alkyl halides is 3. The second-order valence-electron chi connectivity index (χ2n) is 7.11. The third-order valence-corrected chi connectivity index (χ3v) is 5.82. The van der Waals surface area contributed by atoms with E-state index in [1.54, 1.807) is 11.3 Å². The maximum absolute atomic E-state index is 12.5. The Balaban J connectivity index is 0.00000392. The maximum Gasteiger partial charge on any atom is 0.401 e. The van der Waals surface area contributed by atoms with Crippen LogP contribution in [-0.2, 0) is 6.42 Å². The van der Waals surface area contributed by atoms with Crippen LogP contribution in [0, 0.1) is 5.92 Å². The number of guanidine groups is 1. The van der Waals surface area contributed by atoms with Crippen molar-refractivity contribution >= 4 is 41.3 Å². The quantitative estimate of drug-likeness (QED) is 0.305. The van der Waals surface area contributed by atoms with E-state index in [2.05, 4.69) is 34.7 Å². The van der Waals surface area contributed by atoms with Crippen molar-refractivity contribution in [1.82, 2.24) is 15.1 Å². The maximum atomic E-state index is 12.5. The summed E-state index contributed by atoms with van der Waals surface area (Å²) in [4.78, 5) is 9.76. The highest BCUT2D eigenvalue weighted by Gasteiger charge is 2.32. The van der Waals surface area contributed by atoms with Gasteiger partial charge in [-0.05, 0) is 63.1 Å². The van der Waals surface area contributed by atoms with E-state index in [0.29, 0.717) is 19.0 Å². The molecule has 1 aromatic heterocycles. The molecule has 0 spiro atoms. The van der Waals surface area contributed by atoms with Gasteiger partial charge in [-0.15, -0.1) is 35.3 Å². The smallest absolute Gasteiger partial charge is 0.357 e. The van der Waals surface area contributed by atoms with Gasteiger partial charge in [0, 0.05) is 31.6 Å². The van der Waals surface area contributed by atoms with Crippen molar-refractivity contribution < 1.29 is 13.2 Å². The lowest BCUT2D eigenvalue weighted by molar-refractivity contribution is -0.148. The molecule has 2 heterocycles. The first-order valence-corrected chi connectivity index (χ1v) is 10.6. The molecule has 0 aromatic carbocycles. The highest BCUT2D eigenvalue weighted by molar-refractivity contribution is 14.0. The lowest BCUT2D eigenvalue weighted by Crippen LogP contribution is -2.41. The number of rotatable bonds is 8. The summed E-state index contributed by atoms with van der Waals surface area (Å²) < 4.78 is 37.4. The van der Waals surface area contributed by atoms with Crippen LogP contribution in [-0.4, -0.2) is 68.3 Å². The van der Waals surface area contributed by atoms with E-state index < -0.39 is 12.7 Å². The average Bonchev–Trinajstić information content (AvgIpc) is 3.12. The van der Waals surface area contributed by atoms with Crippen LogP contribution in [0.4, 0.5) is 13.2 Å². The van der Waals surface area contributed by atoms with Crippen molar-refractivity contribution in [3.8, 4) is 0 Å². The van der Waals surface area contributed by atoms with Gasteiger partial charge in [-0.2, -0.15) is 13.2 Å². The van der Waals surface area contributed by atoms with E-state index >= 15 is 0 Å². The van der Waals surface area contributed by atoms with Crippen LogP contribution in [0.15, 0.2) is 22.5 Å². The topological polar surface area (TPSA) is 30.9 Å². The Morgan fingerprint density at radius 1 is 1.36 bits per heavy atom. The molecule has 0 radical (unpaired) electrons. The Bertz CT molecular complexity index is 558. The molecule has 0 atom stereocenters. The molecule has 1 aliphatic rings. The average molecular weight is 532 g/mol. The molecule has 0 saturated carbocycles. The second-order valence-corrected chi connectivity index (χ2v) is 8.14. The third kappa shape index (κ3) is 9.78. The van der Waals surface area contributed by atoms with Crippen LogP contribution >= 0.6 is 35.3 Å². The molecular formula is C19H32F3IN4S. The summed E-state index contributed by atoms with van der Waals surface area (Å²) in [5.74, 6) is 1.38. The third-order valence-electron chi connectivity index (χ3n) is 4.88. The number of likely N-dealkylation sites (tertiary alicyclic amines) is 1. The molecular weight excluding hydrogens is 500 g/mol. The Morgan fingerprint density at radius 3 is 2.64 bits per heavy atom. The van der Waals surface area contributed by atoms with E-state index in [1.807, 2.05) is 7.05 Å². The minimum Gasteiger partial charge on any atom is -0.357 e. The molecule has 0 amide bonds. The minimum atomic E-state index is -4.09. The number of nitrogens with zero attached hydrogens (tertiary/aromatic N) is 3. The number of thiophene rings is 1. The number of hydrogen-bond donors (Lipinski definition) is 1. The highest BCUT2D eigenvalue weighted by atomic mass is 127. The van der Waals surface area contributed by atoms with Gasteiger partial charge in [0.05, 0.1) is 6.54 Å². The van der Waals surface area contributed by atoms with Crippen LogP contribution in [0.2, 0.25) is 0 Å². The molecule has 28 heavy (non-hydrogen) atoms. The molecule has 1 aliphatic heterocycles. The monoisotopic (exact) mass is 532 g/mol. The van der Waals surface area contributed by atoms with Crippen LogP contribution < -0.4 is 5.32 Å². The Kier molecular flexibility index (Phi) is 11.7. The molecule has 0 aliphatic carbocycles. The first-order chi connectivity index (χ1) is 12.9. The summed E-state index contributed by atoms with van der Waals surface area (Å²) in [6, 6.07) is 4.22. The highest BCUT2D eigenvalue weighted by Crippen LogP contribution is 2.24. The summed E-state index contributed by atoms with van der Waals surface area (Å²) in [7, 11) is 2.05. The molecule has 0 unspecified atom stereocenters. The minimum absolute atomic E-state index is 0. The second kappa shape index (κ2) is 12.9. The number of aliphatic imine (C=N–C) groups is 1. The molecule has 0 bridgehead atoms. The predicted molar refractivity (Wildman–Crippen MR) is 122 cm³/mol. The number of likely N-dealkylation sites (N-methyl/N-ethyl adjacent to an activating group) is 1. The zero-order valence-electron chi connectivity index (χ0n) is 16.7. The number of piperidine rings is 1. The SMILES string of the molecule is CCNC(=NCCC1CCN(CC(F)(F)F)CC1)N(C)CCc1cccs1.I. The predicted octanol–water partition coefficient (Wildman–Crippen LogP) is 4.47. The molecule has 1 aromatic rings. The van der Waals surface area contributed by atoms with Gasteiger partial charge in [-0.3, -0.25) is 9.89 Å². The van der Waals surface area contributed by atoms with E-state index in [9.17, 15) is 13.2 Å². The van der Waals surface area contributed by atoms with Crippen molar-refractivity contribution in [2.45, 2.75) is 38.8 Å². The molecule has 2 rings (SSSR count). The van der Waals surface area contributed by atoms with E-state index in [1.165, 1.54) is 9.78 Å². The van der Waals surface area contributed by atoms with Crippen molar-refractivity contribution in [3.63, 3.8) is 0 Å². The summed E-state index contributed by atoms with van der Waals surface area (Å²) in [5.41, 5.74) is 0. The van der Waals surface area contributed by atoms with E-state index in [4.69, 9.17) is 4.99 Å². The van der Waals surface area contributed by atoms with Gasteiger partial charge >= 0.3 is 6.18 Å². The van der Waals surface area contributed by atoms with Gasteiger partial charge < -0.3 is 10.2 Å². The normalized spacial score (nSPS) is 16.7. The molecule has 1 fully saturated rings. The van der Waals surface area contributed by atoms with E-state index in [-0.39, 0.29) is 24.0 Å². The lowest BCUT2D eigenvalue weighted by Gasteiger charge is -2.32. The molecule has 162 valence electrons.